The topological polar surface area (TPSA) is 75.7 Å². The first-order valence-electron chi connectivity index (χ1n) is 7.94. The van der Waals surface area contributed by atoms with Gasteiger partial charge in [0.1, 0.15) is 5.75 Å². The van der Waals surface area contributed by atoms with Crippen LogP contribution in [0.4, 0.5) is 11.4 Å². The lowest BCUT2D eigenvalue weighted by Crippen LogP contribution is -2.34. The van der Waals surface area contributed by atoms with Crippen LogP contribution in [0.25, 0.3) is 0 Å². The number of nitrogens with one attached hydrogen (secondary N) is 1. The molecule has 0 radical (unpaired) electrons. The fourth-order valence-corrected chi connectivity index (χ4v) is 3.95. The summed E-state index contributed by atoms with van der Waals surface area (Å²) >= 11 is 0. The molecule has 7 heteroatoms. The molecule has 0 aromatic heterocycles. The third-order valence-electron chi connectivity index (χ3n) is 4.15. The number of ether oxygens (including phenoxy) is 1. The molecule has 0 unspecified atom stereocenters. The number of benzene rings is 2. The van der Waals surface area contributed by atoms with Crippen molar-refractivity contribution in [1.29, 1.82) is 0 Å². The Morgan fingerprint density at radius 2 is 2.00 bits per heavy atom. The zero-order valence-electron chi connectivity index (χ0n) is 14.2. The molecule has 0 atom stereocenters. The third kappa shape index (κ3) is 3.76. The van der Waals surface area contributed by atoms with E-state index in [4.69, 9.17) is 4.74 Å². The Morgan fingerprint density at radius 1 is 1.20 bits per heavy atom. The van der Waals surface area contributed by atoms with Crippen molar-refractivity contribution in [2.24, 2.45) is 0 Å². The summed E-state index contributed by atoms with van der Waals surface area (Å²) in [6.45, 7) is 0.473. The van der Waals surface area contributed by atoms with Crippen molar-refractivity contribution in [3.63, 3.8) is 0 Å². The summed E-state index contributed by atoms with van der Waals surface area (Å²) < 4.78 is 30.4. The van der Waals surface area contributed by atoms with Gasteiger partial charge in [0.2, 0.25) is 10.0 Å². The lowest BCUT2D eigenvalue weighted by molar-refractivity contribution is 0.102. The van der Waals surface area contributed by atoms with Crippen LogP contribution in [0.3, 0.4) is 0 Å². The molecule has 3 rings (SSSR count). The molecule has 2 aromatic carbocycles. The second-order valence-corrected chi connectivity index (χ2v) is 7.88. The van der Waals surface area contributed by atoms with Crippen molar-refractivity contribution in [3.8, 4) is 5.75 Å². The first kappa shape index (κ1) is 17.3. The summed E-state index contributed by atoms with van der Waals surface area (Å²) in [6.07, 6.45) is 2.69. The summed E-state index contributed by atoms with van der Waals surface area (Å²) in [5.74, 6) is 0.416. The van der Waals surface area contributed by atoms with Crippen LogP contribution in [0, 0.1) is 0 Å². The molecule has 0 bridgehead atoms. The molecule has 1 aliphatic rings. The van der Waals surface area contributed by atoms with E-state index in [1.54, 1.807) is 49.6 Å². The van der Waals surface area contributed by atoms with E-state index in [2.05, 4.69) is 5.32 Å². The zero-order valence-corrected chi connectivity index (χ0v) is 15.0. The largest absolute Gasteiger partial charge is 0.497 e. The maximum atomic E-state index is 12.5. The normalized spacial score (nSPS) is 13.9. The van der Waals surface area contributed by atoms with Crippen LogP contribution >= 0.6 is 0 Å². The van der Waals surface area contributed by atoms with Crippen LogP contribution in [0.15, 0.2) is 42.5 Å². The van der Waals surface area contributed by atoms with Crippen molar-refractivity contribution in [2.45, 2.75) is 12.8 Å². The predicted molar refractivity (Wildman–Crippen MR) is 97.9 cm³/mol. The lowest BCUT2D eigenvalue weighted by Gasteiger charge is -2.29. The highest BCUT2D eigenvalue weighted by molar-refractivity contribution is 7.92. The van der Waals surface area contributed by atoms with Crippen molar-refractivity contribution < 1.29 is 17.9 Å². The Balaban J connectivity index is 1.85. The number of aryl methyl sites for hydroxylation is 1. The number of rotatable bonds is 4. The number of amides is 1. The molecule has 1 amide bonds. The van der Waals surface area contributed by atoms with Gasteiger partial charge in [0.15, 0.2) is 0 Å². The van der Waals surface area contributed by atoms with Crippen LogP contribution in [-0.4, -0.2) is 34.2 Å². The minimum atomic E-state index is -3.31. The first-order chi connectivity index (χ1) is 11.9. The van der Waals surface area contributed by atoms with Gasteiger partial charge in [-0.15, -0.1) is 0 Å². The van der Waals surface area contributed by atoms with Crippen molar-refractivity contribution >= 4 is 27.3 Å². The minimum Gasteiger partial charge on any atom is -0.497 e. The average Bonchev–Trinajstić information content (AvgIpc) is 2.60. The molecule has 0 saturated heterocycles. The molecule has 25 heavy (non-hydrogen) atoms. The quantitative estimate of drug-likeness (QED) is 0.909. The number of fused-ring (bicyclic) bond motifs is 1. The number of hydrogen-bond donors (Lipinski definition) is 1. The molecule has 0 saturated carbocycles. The van der Waals surface area contributed by atoms with E-state index in [1.807, 2.05) is 0 Å². The second-order valence-electron chi connectivity index (χ2n) is 5.97. The monoisotopic (exact) mass is 360 g/mol. The van der Waals surface area contributed by atoms with E-state index in [9.17, 15) is 13.2 Å². The fourth-order valence-electron chi connectivity index (χ4n) is 2.95. The van der Waals surface area contributed by atoms with E-state index >= 15 is 0 Å². The van der Waals surface area contributed by atoms with Gasteiger partial charge in [-0.05, 0) is 48.7 Å². The van der Waals surface area contributed by atoms with Crippen LogP contribution < -0.4 is 14.4 Å². The smallest absolute Gasteiger partial charge is 0.255 e. The molecule has 0 spiro atoms. The fraction of sp³-hybridized carbons (Fsp3) is 0.278. The van der Waals surface area contributed by atoms with Crippen LogP contribution in [-0.2, 0) is 16.4 Å². The number of carbonyl (C=O) groups excluding carboxylic acids is 1. The Hall–Kier alpha value is -2.54. The second kappa shape index (κ2) is 6.76. The Bertz CT molecular complexity index is 909. The zero-order chi connectivity index (χ0) is 18.0. The number of nitrogens with zero attached hydrogens (tertiary/aromatic N) is 1. The first-order valence-corrected chi connectivity index (χ1v) is 9.79. The van der Waals surface area contributed by atoms with Crippen LogP contribution in [0.5, 0.6) is 5.75 Å². The molecule has 0 fully saturated rings. The average molecular weight is 360 g/mol. The SMILES string of the molecule is COc1cccc(NC(=O)c2ccc3c(c2)CCCN3S(C)(=O)=O)c1. The maximum absolute atomic E-state index is 12.5. The summed E-state index contributed by atoms with van der Waals surface area (Å²) in [7, 11) is -1.74. The number of hydrogen-bond acceptors (Lipinski definition) is 4. The number of anilines is 2. The molecule has 0 aliphatic carbocycles. The predicted octanol–water partition coefficient (Wildman–Crippen LogP) is 2.66. The number of methoxy groups -OCH3 is 1. The standard InChI is InChI=1S/C18H20N2O4S/c1-24-16-7-3-6-15(12-16)19-18(21)14-8-9-17-13(11-14)5-4-10-20(17)25(2,22)23/h3,6-9,11-12H,4-5,10H2,1-2H3,(H,19,21). The van der Waals surface area contributed by atoms with E-state index in [-0.39, 0.29) is 5.91 Å². The summed E-state index contributed by atoms with van der Waals surface area (Å²) in [5.41, 5.74) is 2.67. The molecule has 1 N–H and O–H groups in total. The Kier molecular flexibility index (Phi) is 4.67. The molecule has 1 aliphatic heterocycles. The maximum Gasteiger partial charge on any atom is 0.255 e. The van der Waals surface area contributed by atoms with Crippen LogP contribution in [0.2, 0.25) is 0 Å². The van der Waals surface area contributed by atoms with Gasteiger partial charge in [-0.1, -0.05) is 6.07 Å². The van der Waals surface area contributed by atoms with Gasteiger partial charge in [-0.25, -0.2) is 8.42 Å². The van der Waals surface area contributed by atoms with Crippen LogP contribution in [0.1, 0.15) is 22.3 Å². The van der Waals surface area contributed by atoms with E-state index in [0.29, 0.717) is 29.2 Å². The van der Waals surface area contributed by atoms with E-state index in [1.165, 1.54) is 10.6 Å². The van der Waals surface area contributed by atoms with E-state index in [0.717, 1.165) is 18.4 Å². The highest BCUT2D eigenvalue weighted by Crippen LogP contribution is 2.30. The number of sulfonamides is 1. The molecule has 6 nitrogen and oxygen atoms in total. The van der Waals surface area contributed by atoms with Crippen molar-refractivity contribution in [3.05, 3.63) is 53.6 Å². The van der Waals surface area contributed by atoms with E-state index < -0.39 is 10.0 Å². The van der Waals surface area contributed by atoms with Gasteiger partial charge in [0.05, 0.1) is 19.1 Å². The van der Waals surface area contributed by atoms with Crippen molar-refractivity contribution in [2.75, 3.05) is 29.5 Å². The third-order valence-corrected chi connectivity index (χ3v) is 5.33. The summed E-state index contributed by atoms with van der Waals surface area (Å²) in [5, 5.41) is 2.83. The van der Waals surface area contributed by atoms with Gasteiger partial charge in [-0.2, -0.15) is 0 Å². The highest BCUT2D eigenvalue weighted by atomic mass is 32.2. The Labute approximate surface area is 147 Å². The van der Waals surface area contributed by atoms with Crippen molar-refractivity contribution in [1.82, 2.24) is 0 Å². The molecular weight excluding hydrogens is 340 g/mol. The molecule has 2 aromatic rings. The van der Waals surface area contributed by atoms with Gasteiger partial charge in [0, 0.05) is 23.9 Å². The summed E-state index contributed by atoms with van der Waals surface area (Å²) in [4.78, 5) is 12.5. The molecule has 132 valence electrons. The van der Waals surface area contributed by atoms with Gasteiger partial charge >= 0.3 is 0 Å². The highest BCUT2D eigenvalue weighted by Gasteiger charge is 2.24. The molecule has 1 heterocycles. The van der Waals surface area contributed by atoms with Gasteiger partial charge < -0.3 is 10.1 Å². The van der Waals surface area contributed by atoms with Gasteiger partial charge in [0.25, 0.3) is 5.91 Å². The lowest BCUT2D eigenvalue weighted by atomic mass is 10.0. The number of carbonyl (C=O) groups is 1. The Morgan fingerprint density at radius 3 is 2.72 bits per heavy atom. The molecular formula is C18H20N2O4S. The van der Waals surface area contributed by atoms with Gasteiger partial charge in [-0.3, -0.25) is 9.10 Å². The minimum absolute atomic E-state index is 0.243. The summed E-state index contributed by atoms with van der Waals surface area (Å²) in [6, 6.07) is 12.2.